The molecule has 0 aliphatic rings. The number of aryl methyl sites for hydroxylation is 1. The van der Waals surface area contributed by atoms with Gasteiger partial charge in [-0.25, -0.2) is 14.3 Å². The average molecular weight is 379 g/mol. The Kier molecular flexibility index (Phi) is 10.7. The van der Waals surface area contributed by atoms with Crippen molar-refractivity contribution in [1.29, 1.82) is 0 Å². The number of unbranched alkanes of at least 4 members (excludes halogenated alkanes) is 1. The third-order valence-electron chi connectivity index (χ3n) is 3.69. The van der Waals surface area contributed by atoms with E-state index in [4.69, 9.17) is 5.21 Å². The quantitative estimate of drug-likeness (QED) is 0.320. The standard InChI is InChI=1S/C11H16FN.C9H11FN2O2/c1-2-3-8-13-9-10-4-6-11(12)7-5-10;1-6-4-7(2-3-8(6)10)11-5-9(13)12-14/h4-7,13H,2-3,8-9H2,1H3;2-4,11,14H,5H2,1H3,(H,12,13). The molecule has 0 atom stereocenters. The Hall–Kier alpha value is -2.51. The number of rotatable bonds is 8. The third kappa shape index (κ3) is 9.67. The number of nitrogens with one attached hydrogen (secondary N) is 3. The minimum Gasteiger partial charge on any atom is -0.376 e. The summed E-state index contributed by atoms with van der Waals surface area (Å²) in [4.78, 5) is 10.6. The summed E-state index contributed by atoms with van der Waals surface area (Å²) < 4.78 is 25.3. The minimum atomic E-state index is -0.549. The Morgan fingerprint density at radius 1 is 1.11 bits per heavy atom. The maximum absolute atomic E-state index is 12.8. The van der Waals surface area contributed by atoms with Crippen LogP contribution in [0.2, 0.25) is 0 Å². The van der Waals surface area contributed by atoms with Crippen LogP contribution in [0.4, 0.5) is 14.5 Å². The molecule has 0 heterocycles. The zero-order valence-corrected chi connectivity index (χ0v) is 15.7. The molecule has 0 saturated heterocycles. The summed E-state index contributed by atoms with van der Waals surface area (Å²) in [7, 11) is 0. The normalized spacial score (nSPS) is 9.96. The van der Waals surface area contributed by atoms with E-state index in [2.05, 4.69) is 17.6 Å². The molecule has 2 aromatic carbocycles. The second-order valence-electron chi connectivity index (χ2n) is 6.01. The second-order valence-corrected chi connectivity index (χ2v) is 6.01. The monoisotopic (exact) mass is 379 g/mol. The highest BCUT2D eigenvalue weighted by molar-refractivity contribution is 5.79. The van der Waals surface area contributed by atoms with Crippen molar-refractivity contribution in [3.63, 3.8) is 0 Å². The lowest BCUT2D eigenvalue weighted by Crippen LogP contribution is -2.26. The summed E-state index contributed by atoms with van der Waals surface area (Å²) in [6.07, 6.45) is 2.40. The van der Waals surface area contributed by atoms with Crippen molar-refractivity contribution in [2.75, 3.05) is 18.4 Å². The van der Waals surface area contributed by atoms with E-state index in [9.17, 15) is 13.6 Å². The number of carbonyl (C=O) groups is 1. The highest BCUT2D eigenvalue weighted by Gasteiger charge is 2.01. The smallest absolute Gasteiger partial charge is 0.262 e. The van der Waals surface area contributed by atoms with Crippen LogP contribution in [-0.2, 0) is 11.3 Å². The largest absolute Gasteiger partial charge is 0.376 e. The molecule has 5 nitrogen and oxygen atoms in total. The fraction of sp³-hybridized carbons (Fsp3) is 0.350. The van der Waals surface area contributed by atoms with Crippen LogP contribution in [0.3, 0.4) is 0 Å². The van der Waals surface area contributed by atoms with Crippen molar-refractivity contribution in [3.05, 3.63) is 65.2 Å². The molecule has 2 aromatic rings. The van der Waals surface area contributed by atoms with Crippen LogP contribution in [0, 0.1) is 18.6 Å². The number of hydrogen-bond acceptors (Lipinski definition) is 4. The number of hydrogen-bond donors (Lipinski definition) is 4. The molecular weight excluding hydrogens is 352 g/mol. The van der Waals surface area contributed by atoms with Crippen LogP contribution in [0.25, 0.3) is 0 Å². The summed E-state index contributed by atoms with van der Waals surface area (Å²) in [6.45, 7) is 5.61. The zero-order valence-electron chi connectivity index (χ0n) is 15.7. The van der Waals surface area contributed by atoms with E-state index < -0.39 is 5.91 Å². The Balaban J connectivity index is 0.000000271. The average Bonchev–Trinajstić information content (AvgIpc) is 2.68. The molecule has 0 aliphatic carbocycles. The van der Waals surface area contributed by atoms with Crippen LogP contribution in [0.5, 0.6) is 0 Å². The van der Waals surface area contributed by atoms with Crippen LogP contribution < -0.4 is 16.1 Å². The first-order valence-corrected chi connectivity index (χ1v) is 8.84. The molecule has 7 heteroatoms. The lowest BCUT2D eigenvalue weighted by atomic mass is 10.2. The molecule has 148 valence electrons. The molecule has 0 aromatic heterocycles. The molecule has 0 unspecified atom stereocenters. The van der Waals surface area contributed by atoms with Gasteiger partial charge >= 0.3 is 0 Å². The van der Waals surface area contributed by atoms with Gasteiger partial charge in [-0.2, -0.15) is 0 Å². The number of halogens is 2. The first kappa shape index (κ1) is 22.5. The fourth-order valence-corrected chi connectivity index (χ4v) is 2.11. The van der Waals surface area contributed by atoms with Crippen LogP contribution >= 0.6 is 0 Å². The van der Waals surface area contributed by atoms with Gasteiger partial charge in [0.1, 0.15) is 11.6 Å². The maximum Gasteiger partial charge on any atom is 0.262 e. The number of benzene rings is 2. The lowest BCUT2D eigenvalue weighted by molar-refractivity contribution is -0.127. The van der Waals surface area contributed by atoms with Crippen molar-refractivity contribution in [2.45, 2.75) is 33.2 Å². The topological polar surface area (TPSA) is 73.4 Å². The second kappa shape index (κ2) is 12.8. The van der Waals surface area contributed by atoms with E-state index in [1.54, 1.807) is 13.0 Å². The van der Waals surface area contributed by atoms with Gasteiger partial charge in [0.05, 0.1) is 6.54 Å². The Morgan fingerprint density at radius 2 is 1.81 bits per heavy atom. The molecule has 0 spiro atoms. The first-order valence-electron chi connectivity index (χ1n) is 8.84. The van der Waals surface area contributed by atoms with E-state index in [1.807, 2.05) is 12.1 Å². The molecular formula is C20H27F2N3O2. The Labute approximate surface area is 158 Å². The summed E-state index contributed by atoms with van der Waals surface area (Å²) in [6, 6.07) is 11.0. The van der Waals surface area contributed by atoms with Crippen molar-refractivity contribution in [3.8, 4) is 0 Å². The van der Waals surface area contributed by atoms with Gasteiger partial charge in [-0.3, -0.25) is 10.0 Å². The highest BCUT2D eigenvalue weighted by Crippen LogP contribution is 2.12. The van der Waals surface area contributed by atoms with Crippen molar-refractivity contribution >= 4 is 11.6 Å². The molecule has 0 aliphatic heterocycles. The predicted octanol–water partition coefficient (Wildman–Crippen LogP) is 3.77. The first-order chi connectivity index (χ1) is 13.0. The molecule has 0 saturated carbocycles. The van der Waals surface area contributed by atoms with E-state index in [-0.39, 0.29) is 18.2 Å². The molecule has 1 amide bonds. The van der Waals surface area contributed by atoms with Gasteiger partial charge in [0.15, 0.2) is 0 Å². The zero-order chi connectivity index (χ0) is 20.1. The van der Waals surface area contributed by atoms with Crippen molar-refractivity contribution in [1.82, 2.24) is 10.8 Å². The molecule has 0 radical (unpaired) electrons. The van der Waals surface area contributed by atoms with Crippen LogP contribution in [-0.4, -0.2) is 24.2 Å². The number of amides is 1. The highest BCUT2D eigenvalue weighted by atomic mass is 19.1. The molecule has 2 rings (SSSR count). The maximum atomic E-state index is 12.8. The summed E-state index contributed by atoms with van der Waals surface area (Å²) in [5.41, 5.74) is 3.75. The van der Waals surface area contributed by atoms with Gasteiger partial charge in [-0.05, 0) is 61.3 Å². The van der Waals surface area contributed by atoms with Gasteiger partial charge in [0.25, 0.3) is 5.91 Å². The summed E-state index contributed by atoms with van der Waals surface area (Å²) in [5, 5.41) is 14.2. The Morgan fingerprint density at radius 3 is 2.41 bits per heavy atom. The van der Waals surface area contributed by atoms with Gasteiger partial charge in [0, 0.05) is 12.2 Å². The number of hydroxylamine groups is 1. The van der Waals surface area contributed by atoms with Gasteiger partial charge in [0.2, 0.25) is 0 Å². The predicted molar refractivity (Wildman–Crippen MR) is 103 cm³/mol. The summed E-state index contributed by atoms with van der Waals surface area (Å²) >= 11 is 0. The molecule has 4 N–H and O–H groups in total. The van der Waals surface area contributed by atoms with E-state index in [0.29, 0.717) is 11.3 Å². The lowest BCUT2D eigenvalue weighted by Gasteiger charge is -2.05. The number of carbonyl (C=O) groups excluding carboxylic acids is 1. The third-order valence-corrected chi connectivity index (χ3v) is 3.69. The van der Waals surface area contributed by atoms with Gasteiger partial charge in [-0.15, -0.1) is 0 Å². The molecule has 0 bridgehead atoms. The van der Waals surface area contributed by atoms with Gasteiger partial charge in [-0.1, -0.05) is 25.5 Å². The SMILES string of the molecule is CCCCNCc1ccc(F)cc1.Cc1cc(NCC(=O)NO)ccc1F. The van der Waals surface area contributed by atoms with Crippen LogP contribution in [0.1, 0.15) is 30.9 Å². The van der Waals surface area contributed by atoms with E-state index in [0.717, 1.165) is 18.7 Å². The fourth-order valence-electron chi connectivity index (χ4n) is 2.11. The molecule has 27 heavy (non-hydrogen) atoms. The minimum absolute atomic E-state index is 0.0540. The van der Waals surface area contributed by atoms with Gasteiger partial charge < -0.3 is 10.6 Å². The van der Waals surface area contributed by atoms with E-state index in [1.165, 1.54) is 42.6 Å². The Bertz CT molecular complexity index is 694. The van der Waals surface area contributed by atoms with Crippen molar-refractivity contribution < 1.29 is 18.8 Å². The number of anilines is 1. The van der Waals surface area contributed by atoms with Crippen molar-refractivity contribution in [2.24, 2.45) is 0 Å². The molecule has 0 fully saturated rings. The summed E-state index contributed by atoms with van der Waals surface area (Å²) in [5.74, 6) is -1.01. The van der Waals surface area contributed by atoms with E-state index >= 15 is 0 Å². The van der Waals surface area contributed by atoms with Crippen LogP contribution in [0.15, 0.2) is 42.5 Å².